The van der Waals surface area contributed by atoms with Gasteiger partial charge in [0.25, 0.3) is 5.91 Å². The molecule has 0 radical (unpaired) electrons. The Morgan fingerprint density at radius 1 is 1.24 bits per heavy atom. The summed E-state index contributed by atoms with van der Waals surface area (Å²) in [6.45, 7) is 10.1. The van der Waals surface area contributed by atoms with E-state index in [0.717, 1.165) is 42.7 Å². The number of halogens is 3. The van der Waals surface area contributed by atoms with Crippen LogP contribution in [0.15, 0.2) is 18.2 Å². The number of thiazole rings is 1. The van der Waals surface area contributed by atoms with E-state index in [2.05, 4.69) is 15.0 Å². The van der Waals surface area contributed by atoms with Crippen LogP contribution in [0.25, 0.3) is 10.2 Å². The fourth-order valence-electron chi connectivity index (χ4n) is 3.83. The summed E-state index contributed by atoms with van der Waals surface area (Å²) in [7, 11) is 0. The number of anilines is 1. The second-order valence-corrected chi connectivity index (χ2v) is 9.21. The van der Waals surface area contributed by atoms with Crippen LogP contribution in [-0.2, 0) is 4.74 Å². The lowest BCUT2D eigenvalue weighted by Crippen LogP contribution is -2.39. The lowest BCUT2D eigenvalue weighted by molar-refractivity contribution is 0.0376. The highest BCUT2D eigenvalue weighted by atomic mass is 35.5. The Morgan fingerprint density at radius 3 is 2.67 bits per heavy atom. The van der Waals surface area contributed by atoms with E-state index in [4.69, 9.17) is 4.74 Å². The zero-order chi connectivity index (χ0) is 22.8. The first-order valence-electron chi connectivity index (χ1n) is 10.8. The molecule has 1 amide bonds. The van der Waals surface area contributed by atoms with Crippen molar-refractivity contribution < 1.29 is 18.3 Å². The summed E-state index contributed by atoms with van der Waals surface area (Å²) in [4.78, 5) is 21.9. The van der Waals surface area contributed by atoms with Crippen molar-refractivity contribution in [2.24, 2.45) is 0 Å². The number of morpholine rings is 1. The van der Waals surface area contributed by atoms with Gasteiger partial charge in [-0.25, -0.2) is 13.8 Å². The average molecular weight is 500 g/mol. The van der Waals surface area contributed by atoms with Crippen molar-refractivity contribution in [3.63, 3.8) is 0 Å². The van der Waals surface area contributed by atoms with Crippen molar-refractivity contribution in [2.75, 3.05) is 44.3 Å². The number of nitrogens with zero attached hydrogens (tertiary/aromatic N) is 5. The Labute approximate surface area is 201 Å². The second-order valence-electron chi connectivity index (χ2n) is 8.20. The van der Waals surface area contributed by atoms with Gasteiger partial charge in [-0.1, -0.05) is 11.3 Å². The Morgan fingerprint density at radius 2 is 1.97 bits per heavy atom. The minimum absolute atomic E-state index is 0. The van der Waals surface area contributed by atoms with Crippen LogP contribution in [0.2, 0.25) is 0 Å². The van der Waals surface area contributed by atoms with E-state index in [9.17, 15) is 13.6 Å². The van der Waals surface area contributed by atoms with Gasteiger partial charge in [-0.05, 0) is 39.3 Å². The SMILES string of the molecule is Cc1cc(C(=O)N(CCCN2CCOCC2)c2nc3c(F)cc(F)cc3s2)n(C(C)C)n1.Cl. The van der Waals surface area contributed by atoms with Crippen LogP contribution in [0.3, 0.4) is 0 Å². The molecule has 0 bridgehead atoms. The maximum Gasteiger partial charge on any atom is 0.278 e. The maximum absolute atomic E-state index is 14.3. The molecule has 0 atom stereocenters. The van der Waals surface area contributed by atoms with E-state index >= 15 is 0 Å². The fourth-order valence-corrected chi connectivity index (χ4v) is 4.86. The summed E-state index contributed by atoms with van der Waals surface area (Å²) < 4.78 is 35.5. The molecule has 1 aliphatic rings. The molecule has 0 aliphatic carbocycles. The number of aromatic nitrogens is 3. The quantitative estimate of drug-likeness (QED) is 0.480. The zero-order valence-electron chi connectivity index (χ0n) is 18.9. The summed E-state index contributed by atoms with van der Waals surface area (Å²) in [5.74, 6) is -1.64. The standard InChI is InChI=1S/C22H27F2N5O2S.ClH/c1-14(2)29-18(11-15(3)26-29)21(30)28(6-4-5-27-7-9-31-10-8-27)22-25-20-17(24)12-16(23)13-19(20)32-22;/h11-14H,4-10H2,1-3H3;1H. The molecular formula is C22H28ClF2N5O2S. The molecule has 7 nitrogen and oxygen atoms in total. The number of fused-ring (bicyclic) bond motifs is 1. The minimum atomic E-state index is -0.730. The van der Waals surface area contributed by atoms with Crippen LogP contribution in [0.1, 0.15) is 42.5 Å². The zero-order valence-corrected chi connectivity index (χ0v) is 20.5. The van der Waals surface area contributed by atoms with E-state index in [-0.39, 0.29) is 29.9 Å². The van der Waals surface area contributed by atoms with Crippen LogP contribution in [0, 0.1) is 18.6 Å². The molecule has 1 saturated heterocycles. The smallest absolute Gasteiger partial charge is 0.278 e. The molecule has 1 aromatic carbocycles. The third-order valence-corrected chi connectivity index (χ3v) is 6.43. The number of benzene rings is 1. The molecule has 180 valence electrons. The Bertz CT molecular complexity index is 1110. The Kier molecular flexibility index (Phi) is 8.38. The Hall–Kier alpha value is -2.14. The third kappa shape index (κ3) is 5.68. The summed E-state index contributed by atoms with van der Waals surface area (Å²) in [6.07, 6.45) is 0.716. The number of carbonyl (C=O) groups excluding carboxylic acids is 1. The molecule has 2 aromatic heterocycles. The molecular weight excluding hydrogens is 472 g/mol. The monoisotopic (exact) mass is 499 g/mol. The lowest BCUT2D eigenvalue weighted by atomic mass is 10.2. The molecule has 3 aromatic rings. The van der Waals surface area contributed by atoms with Crippen molar-refractivity contribution in [3.8, 4) is 0 Å². The lowest BCUT2D eigenvalue weighted by Gasteiger charge is -2.28. The van der Waals surface area contributed by atoms with Crippen LogP contribution < -0.4 is 4.90 Å². The normalized spacial score (nSPS) is 14.6. The van der Waals surface area contributed by atoms with Crippen LogP contribution in [0.4, 0.5) is 13.9 Å². The van der Waals surface area contributed by atoms with E-state index in [0.29, 0.717) is 41.7 Å². The van der Waals surface area contributed by atoms with Gasteiger partial charge < -0.3 is 4.74 Å². The largest absolute Gasteiger partial charge is 0.379 e. The van der Waals surface area contributed by atoms with Gasteiger partial charge in [-0.2, -0.15) is 5.10 Å². The van der Waals surface area contributed by atoms with E-state index < -0.39 is 11.6 Å². The summed E-state index contributed by atoms with van der Waals surface area (Å²) in [5, 5.41) is 4.80. The molecule has 33 heavy (non-hydrogen) atoms. The summed E-state index contributed by atoms with van der Waals surface area (Å²) in [6, 6.07) is 3.82. The molecule has 1 aliphatic heterocycles. The molecule has 11 heteroatoms. The number of hydrogen-bond donors (Lipinski definition) is 0. The van der Waals surface area contributed by atoms with E-state index in [1.165, 1.54) is 6.07 Å². The van der Waals surface area contributed by atoms with Gasteiger partial charge in [0.1, 0.15) is 17.0 Å². The molecule has 0 unspecified atom stereocenters. The predicted molar refractivity (Wildman–Crippen MR) is 128 cm³/mol. The highest BCUT2D eigenvalue weighted by molar-refractivity contribution is 7.22. The molecule has 3 heterocycles. The fraction of sp³-hybridized carbons (Fsp3) is 0.500. The minimum Gasteiger partial charge on any atom is -0.379 e. The summed E-state index contributed by atoms with van der Waals surface area (Å²) >= 11 is 1.11. The third-order valence-electron chi connectivity index (χ3n) is 5.40. The number of ether oxygens (including phenoxy) is 1. The summed E-state index contributed by atoms with van der Waals surface area (Å²) in [5.41, 5.74) is 1.27. The molecule has 4 rings (SSSR count). The Balaban J connectivity index is 0.00000306. The first-order valence-corrected chi connectivity index (χ1v) is 11.6. The van der Waals surface area contributed by atoms with Crippen LogP contribution in [0.5, 0.6) is 0 Å². The van der Waals surface area contributed by atoms with Crippen LogP contribution >= 0.6 is 23.7 Å². The number of rotatable bonds is 7. The predicted octanol–water partition coefficient (Wildman–Crippen LogP) is 4.45. The maximum atomic E-state index is 14.3. The van der Waals surface area contributed by atoms with Gasteiger partial charge in [-0.3, -0.25) is 19.3 Å². The first-order chi connectivity index (χ1) is 15.3. The van der Waals surface area contributed by atoms with E-state index in [1.54, 1.807) is 15.6 Å². The first kappa shape index (κ1) is 25.5. The van der Waals surface area contributed by atoms with Crippen molar-refractivity contribution in [2.45, 2.75) is 33.2 Å². The molecule has 1 fully saturated rings. The van der Waals surface area contributed by atoms with Crippen molar-refractivity contribution in [3.05, 3.63) is 41.2 Å². The van der Waals surface area contributed by atoms with Gasteiger partial charge in [0.15, 0.2) is 10.9 Å². The highest BCUT2D eigenvalue weighted by Gasteiger charge is 2.26. The van der Waals surface area contributed by atoms with Gasteiger partial charge in [0.05, 0.1) is 23.6 Å². The number of aryl methyl sites for hydroxylation is 1. The molecule has 0 spiro atoms. The van der Waals surface area contributed by atoms with Crippen molar-refractivity contribution in [1.29, 1.82) is 0 Å². The molecule has 0 saturated carbocycles. The van der Waals surface area contributed by atoms with Gasteiger partial charge in [-0.15, -0.1) is 12.4 Å². The second kappa shape index (κ2) is 10.9. The highest BCUT2D eigenvalue weighted by Crippen LogP contribution is 2.32. The average Bonchev–Trinajstić information content (AvgIpc) is 3.35. The van der Waals surface area contributed by atoms with Gasteiger partial charge in [0, 0.05) is 38.3 Å². The van der Waals surface area contributed by atoms with Crippen LogP contribution in [-0.4, -0.2) is 65.0 Å². The topological polar surface area (TPSA) is 63.5 Å². The van der Waals surface area contributed by atoms with Crippen molar-refractivity contribution in [1.82, 2.24) is 19.7 Å². The number of hydrogen-bond acceptors (Lipinski definition) is 6. The molecule has 0 N–H and O–H groups in total. The van der Waals surface area contributed by atoms with E-state index in [1.807, 2.05) is 20.8 Å². The van der Waals surface area contributed by atoms with Crippen molar-refractivity contribution >= 4 is 45.0 Å². The number of amides is 1. The number of carbonyl (C=O) groups is 1. The van der Waals surface area contributed by atoms with Gasteiger partial charge in [0.2, 0.25) is 0 Å². The van der Waals surface area contributed by atoms with Gasteiger partial charge >= 0.3 is 0 Å².